The van der Waals surface area contributed by atoms with Gasteiger partial charge in [0.05, 0.1) is 27.8 Å². The van der Waals surface area contributed by atoms with E-state index in [9.17, 15) is 0 Å². The van der Waals surface area contributed by atoms with Crippen LogP contribution in [0.5, 0.6) is 0 Å². The van der Waals surface area contributed by atoms with Crippen molar-refractivity contribution in [2.75, 3.05) is 0 Å². The third kappa shape index (κ3) is 2.92. The molecule has 2 heterocycles. The topological polar surface area (TPSA) is 21.7 Å². The maximum Gasteiger partial charge on any atom is 0.292 e. The standard InChI is InChI=1S/C25H30N3S/c1-16-14-15-20-22(26-23(29-20)17-10-6-7-11-17)21(16)24-27(5)18-12-8-9-13-19(18)28(24)25(2,3)4/h8-9,12-15,17H,6-7,10-11H2,1-5H3/q+1. The predicted molar refractivity (Wildman–Crippen MR) is 123 cm³/mol. The van der Waals surface area contributed by atoms with Crippen molar-refractivity contribution in [3.63, 3.8) is 0 Å². The van der Waals surface area contributed by atoms with Gasteiger partial charge in [-0.25, -0.2) is 14.1 Å². The zero-order valence-corrected chi connectivity index (χ0v) is 18.9. The number of benzene rings is 2. The first-order valence-corrected chi connectivity index (χ1v) is 11.6. The van der Waals surface area contributed by atoms with Crippen LogP contribution < -0.4 is 4.57 Å². The van der Waals surface area contributed by atoms with Crippen LogP contribution in [0, 0.1) is 6.92 Å². The van der Waals surface area contributed by atoms with E-state index in [1.165, 1.54) is 68.9 Å². The van der Waals surface area contributed by atoms with E-state index >= 15 is 0 Å². The summed E-state index contributed by atoms with van der Waals surface area (Å²) in [4.78, 5) is 5.26. The van der Waals surface area contributed by atoms with Gasteiger partial charge in [0.15, 0.2) is 11.0 Å². The van der Waals surface area contributed by atoms with Crippen molar-refractivity contribution in [1.82, 2.24) is 9.55 Å². The van der Waals surface area contributed by atoms with E-state index in [4.69, 9.17) is 4.98 Å². The third-order valence-electron chi connectivity index (χ3n) is 6.40. The maximum absolute atomic E-state index is 5.26. The van der Waals surface area contributed by atoms with Crippen LogP contribution in [-0.4, -0.2) is 9.55 Å². The third-order valence-corrected chi connectivity index (χ3v) is 7.58. The molecule has 0 atom stereocenters. The Morgan fingerprint density at radius 3 is 2.52 bits per heavy atom. The van der Waals surface area contributed by atoms with Crippen molar-refractivity contribution < 1.29 is 4.57 Å². The normalized spacial score (nSPS) is 15.8. The van der Waals surface area contributed by atoms with Gasteiger partial charge in [-0.3, -0.25) is 0 Å². The molecule has 1 aliphatic carbocycles. The highest BCUT2D eigenvalue weighted by Crippen LogP contribution is 2.42. The minimum atomic E-state index is -0.0326. The summed E-state index contributed by atoms with van der Waals surface area (Å²) in [6.45, 7) is 9.12. The molecule has 1 fully saturated rings. The molecule has 29 heavy (non-hydrogen) atoms. The van der Waals surface area contributed by atoms with Gasteiger partial charge in [-0.05, 0) is 64.3 Å². The number of para-hydroxylation sites is 2. The van der Waals surface area contributed by atoms with Gasteiger partial charge in [-0.2, -0.15) is 0 Å². The minimum absolute atomic E-state index is 0.0326. The second-order valence-electron chi connectivity index (χ2n) is 9.52. The zero-order valence-electron chi connectivity index (χ0n) is 18.1. The van der Waals surface area contributed by atoms with Crippen molar-refractivity contribution in [2.45, 2.75) is 64.8 Å². The first-order valence-electron chi connectivity index (χ1n) is 10.8. The first kappa shape index (κ1) is 18.8. The monoisotopic (exact) mass is 404 g/mol. The highest BCUT2D eigenvalue weighted by atomic mass is 32.1. The second-order valence-corrected chi connectivity index (χ2v) is 10.6. The lowest BCUT2D eigenvalue weighted by atomic mass is 10.0. The molecule has 5 rings (SSSR count). The van der Waals surface area contributed by atoms with Crippen molar-refractivity contribution >= 4 is 32.6 Å². The van der Waals surface area contributed by atoms with E-state index in [1.54, 1.807) is 0 Å². The molecule has 3 nitrogen and oxygen atoms in total. The van der Waals surface area contributed by atoms with Crippen LogP contribution in [0.15, 0.2) is 36.4 Å². The quantitative estimate of drug-likeness (QED) is 0.351. The largest absolute Gasteiger partial charge is 0.292 e. The summed E-state index contributed by atoms with van der Waals surface area (Å²) in [6, 6.07) is 13.3. The van der Waals surface area contributed by atoms with Crippen LogP contribution in [0.3, 0.4) is 0 Å². The molecular formula is C25H30N3S+. The number of aryl methyl sites for hydroxylation is 2. The van der Waals surface area contributed by atoms with E-state index in [0.717, 1.165) is 0 Å². The van der Waals surface area contributed by atoms with Crippen LogP contribution in [0.1, 0.15) is 62.9 Å². The molecule has 0 bridgehead atoms. The van der Waals surface area contributed by atoms with Gasteiger partial charge in [0.25, 0.3) is 5.82 Å². The summed E-state index contributed by atoms with van der Waals surface area (Å²) in [7, 11) is 2.20. The van der Waals surface area contributed by atoms with Crippen LogP contribution in [0.25, 0.3) is 32.6 Å². The Labute approximate surface area is 177 Å². The van der Waals surface area contributed by atoms with Crippen molar-refractivity contribution in [3.8, 4) is 11.4 Å². The van der Waals surface area contributed by atoms with E-state index in [1.807, 2.05) is 11.3 Å². The summed E-state index contributed by atoms with van der Waals surface area (Å²) in [5.41, 5.74) is 6.28. The molecule has 0 amide bonds. The zero-order chi connectivity index (χ0) is 20.3. The molecular weight excluding hydrogens is 374 g/mol. The lowest BCUT2D eigenvalue weighted by Gasteiger charge is -2.19. The first-order chi connectivity index (χ1) is 13.9. The molecule has 1 aliphatic rings. The number of rotatable bonds is 2. The Hall–Kier alpha value is -2.20. The highest BCUT2D eigenvalue weighted by molar-refractivity contribution is 7.18. The molecule has 2 aromatic heterocycles. The predicted octanol–water partition coefficient (Wildman–Crippen LogP) is 6.46. The Morgan fingerprint density at radius 2 is 1.79 bits per heavy atom. The lowest BCUT2D eigenvalue weighted by molar-refractivity contribution is -0.634. The average molecular weight is 405 g/mol. The second kappa shape index (κ2) is 6.66. The Bertz CT molecular complexity index is 1220. The minimum Gasteiger partial charge on any atom is -0.240 e. The molecule has 0 N–H and O–H groups in total. The van der Waals surface area contributed by atoms with Crippen LogP contribution in [0.4, 0.5) is 0 Å². The molecule has 0 saturated heterocycles. The van der Waals surface area contributed by atoms with Gasteiger partial charge < -0.3 is 0 Å². The lowest BCUT2D eigenvalue weighted by Crippen LogP contribution is -2.33. The maximum atomic E-state index is 5.26. The Kier molecular flexibility index (Phi) is 4.32. The SMILES string of the molecule is Cc1ccc2sc(C3CCCC3)nc2c1-c1n(C(C)(C)C)c2ccccc2[n+]1C. The molecule has 4 heteroatoms. The van der Waals surface area contributed by atoms with Gasteiger partial charge in [0, 0.05) is 5.92 Å². The molecule has 150 valence electrons. The van der Waals surface area contributed by atoms with Crippen LogP contribution in [0.2, 0.25) is 0 Å². The van der Waals surface area contributed by atoms with E-state index in [2.05, 4.69) is 80.3 Å². The number of hydrogen-bond donors (Lipinski definition) is 0. The number of aromatic nitrogens is 3. The summed E-state index contributed by atoms with van der Waals surface area (Å²) in [6.07, 6.45) is 5.29. The van der Waals surface area contributed by atoms with Crippen LogP contribution in [-0.2, 0) is 12.6 Å². The van der Waals surface area contributed by atoms with Gasteiger partial charge in [-0.1, -0.05) is 31.0 Å². The van der Waals surface area contributed by atoms with Gasteiger partial charge >= 0.3 is 0 Å². The molecule has 2 aromatic carbocycles. The van der Waals surface area contributed by atoms with E-state index < -0.39 is 0 Å². The Balaban J connectivity index is 1.85. The Morgan fingerprint density at radius 1 is 1.07 bits per heavy atom. The van der Waals surface area contributed by atoms with Gasteiger partial charge in [-0.15, -0.1) is 11.3 Å². The van der Waals surface area contributed by atoms with Crippen molar-refractivity contribution in [3.05, 3.63) is 47.0 Å². The number of nitrogens with zero attached hydrogens (tertiary/aromatic N) is 3. The number of thiazole rings is 1. The number of fused-ring (bicyclic) bond motifs is 2. The number of hydrogen-bond acceptors (Lipinski definition) is 2. The molecule has 1 saturated carbocycles. The molecule has 4 aromatic rings. The summed E-state index contributed by atoms with van der Waals surface area (Å²) in [5, 5.41) is 1.34. The van der Waals surface area contributed by atoms with E-state index in [-0.39, 0.29) is 5.54 Å². The number of imidazole rings is 1. The fourth-order valence-electron chi connectivity index (χ4n) is 5.02. The van der Waals surface area contributed by atoms with E-state index in [0.29, 0.717) is 5.92 Å². The van der Waals surface area contributed by atoms with Crippen molar-refractivity contribution in [2.24, 2.45) is 7.05 Å². The fourth-order valence-corrected chi connectivity index (χ4v) is 6.16. The highest BCUT2D eigenvalue weighted by Gasteiger charge is 2.34. The fraction of sp³-hybridized carbons (Fsp3) is 0.440. The average Bonchev–Trinajstić information content (AvgIpc) is 3.39. The van der Waals surface area contributed by atoms with Gasteiger partial charge in [0.1, 0.15) is 5.54 Å². The van der Waals surface area contributed by atoms with Crippen LogP contribution >= 0.6 is 11.3 Å². The molecule has 0 radical (unpaired) electrons. The molecule has 0 aliphatic heterocycles. The molecule has 0 spiro atoms. The smallest absolute Gasteiger partial charge is 0.240 e. The summed E-state index contributed by atoms with van der Waals surface area (Å²) < 4.78 is 6.17. The summed E-state index contributed by atoms with van der Waals surface area (Å²) in [5.74, 6) is 1.91. The molecule has 0 unspecified atom stereocenters. The van der Waals surface area contributed by atoms with Gasteiger partial charge in [0.2, 0.25) is 0 Å². The summed E-state index contributed by atoms with van der Waals surface area (Å²) >= 11 is 1.91. The van der Waals surface area contributed by atoms with Crippen molar-refractivity contribution in [1.29, 1.82) is 0 Å².